The average molecular weight is 620 g/mol. The maximum Gasteiger partial charge on any atom is 0.306 e. The normalized spacial score (nSPS) is 14.3. The Labute approximate surface area is 259 Å². The topological polar surface area (TPSA) is 94.1 Å². The molecular formula is C33H66NO7P. The van der Waals surface area contributed by atoms with E-state index in [4.69, 9.17) is 18.5 Å². The van der Waals surface area contributed by atoms with Crippen LogP contribution in [0.5, 0.6) is 0 Å². The standard InChI is InChI=1S/C33H66NO7P/c1-6-8-10-12-14-16-17-19-21-23-25-28-38-30-32(31-40-42(36,37)39-29-27-34(3,4)5)41-33(35)26-24-22-20-18-15-13-11-9-7-2/h10,12,32H,6-9,11,13-31H2,1-5H3/b12-10-. The predicted molar refractivity (Wildman–Crippen MR) is 171 cm³/mol. The van der Waals surface area contributed by atoms with Crippen molar-refractivity contribution in [2.24, 2.45) is 0 Å². The van der Waals surface area contributed by atoms with Gasteiger partial charge in [-0.1, -0.05) is 109 Å². The van der Waals surface area contributed by atoms with Gasteiger partial charge >= 0.3 is 5.97 Å². The molecule has 2 atom stereocenters. The molecule has 0 aromatic carbocycles. The van der Waals surface area contributed by atoms with Gasteiger partial charge in [0, 0.05) is 13.0 Å². The number of rotatable bonds is 31. The van der Waals surface area contributed by atoms with Crippen molar-refractivity contribution in [2.45, 2.75) is 142 Å². The third kappa shape index (κ3) is 30.7. The van der Waals surface area contributed by atoms with E-state index in [0.29, 0.717) is 24.1 Å². The van der Waals surface area contributed by atoms with Gasteiger partial charge in [0.25, 0.3) is 7.82 Å². The van der Waals surface area contributed by atoms with Crippen LogP contribution < -0.4 is 4.89 Å². The molecule has 0 aromatic heterocycles. The fourth-order valence-electron chi connectivity index (χ4n) is 4.37. The van der Waals surface area contributed by atoms with Crippen LogP contribution in [0.2, 0.25) is 0 Å². The number of ether oxygens (including phenoxy) is 2. The number of phosphoric acid groups is 1. The van der Waals surface area contributed by atoms with E-state index in [9.17, 15) is 14.3 Å². The molecule has 9 heteroatoms. The zero-order valence-electron chi connectivity index (χ0n) is 28.0. The first-order chi connectivity index (χ1) is 20.1. The summed E-state index contributed by atoms with van der Waals surface area (Å²) < 4.78 is 34.2. The summed E-state index contributed by atoms with van der Waals surface area (Å²) in [6, 6.07) is 0. The van der Waals surface area contributed by atoms with Crippen LogP contribution >= 0.6 is 7.82 Å². The second-order valence-electron chi connectivity index (χ2n) is 12.5. The van der Waals surface area contributed by atoms with Gasteiger partial charge in [-0.05, 0) is 32.1 Å². The summed E-state index contributed by atoms with van der Waals surface area (Å²) in [6.07, 6.45) is 25.0. The van der Waals surface area contributed by atoms with Gasteiger partial charge in [0.1, 0.15) is 19.3 Å². The zero-order valence-corrected chi connectivity index (χ0v) is 28.8. The van der Waals surface area contributed by atoms with E-state index < -0.39 is 13.9 Å². The smallest absolute Gasteiger partial charge is 0.306 e. The highest BCUT2D eigenvalue weighted by Crippen LogP contribution is 2.38. The number of likely N-dealkylation sites (N-methyl/N-ethyl adjacent to an activating group) is 1. The van der Waals surface area contributed by atoms with Crippen LogP contribution in [-0.4, -0.2) is 70.7 Å². The monoisotopic (exact) mass is 619 g/mol. The van der Waals surface area contributed by atoms with E-state index >= 15 is 0 Å². The van der Waals surface area contributed by atoms with E-state index in [1.165, 1.54) is 83.5 Å². The molecule has 0 rings (SSSR count). The zero-order chi connectivity index (χ0) is 31.4. The molecule has 0 saturated carbocycles. The Hall–Kier alpha value is -0.760. The molecule has 0 aliphatic heterocycles. The lowest BCUT2D eigenvalue weighted by molar-refractivity contribution is -0.870. The molecule has 0 aliphatic carbocycles. The number of hydrogen-bond donors (Lipinski definition) is 0. The fraction of sp³-hybridized carbons (Fsp3) is 0.909. The number of hydrogen-bond acceptors (Lipinski definition) is 7. The van der Waals surface area contributed by atoms with Gasteiger partial charge in [0.2, 0.25) is 0 Å². The minimum atomic E-state index is -4.50. The van der Waals surface area contributed by atoms with E-state index in [0.717, 1.165) is 32.1 Å². The maximum absolute atomic E-state index is 12.5. The second-order valence-corrected chi connectivity index (χ2v) is 13.9. The number of phosphoric ester groups is 1. The summed E-state index contributed by atoms with van der Waals surface area (Å²) in [6.45, 7) is 5.31. The highest BCUT2D eigenvalue weighted by atomic mass is 31.2. The number of carbonyl (C=O) groups excluding carboxylic acids is 1. The number of quaternary nitrogens is 1. The first kappa shape index (κ1) is 41.2. The van der Waals surface area contributed by atoms with Crippen molar-refractivity contribution < 1.29 is 37.3 Å². The van der Waals surface area contributed by atoms with Crippen molar-refractivity contribution in [3.63, 3.8) is 0 Å². The summed E-state index contributed by atoms with van der Waals surface area (Å²) in [5.74, 6) is -0.341. The first-order valence-electron chi connectivity index (χ1n) is 16.9. The van der Waals surface area contributed by atoms with E-state index in [2.05, 4.69) is 26.0 Å². The van der Waals surface area contributed by atoms with Crippen LogP contribution in [0, 0.1) is 0 Å². The molecule has 2 unspecified atom stereocenters. The fourth-order valence-corrected chi connectivity index (χ4v) is 5.10. The molecule has 0 N–H and O–H groups in total. The lowest BCUT2D eigenvalue weighted by Gasteiger charge is -2.28. The van der Waals surface area contributed by atoms with Gasteiger partial charge < -0.3 is 27.9 Å². The molecule has 42 heavy (non-hydrogen) atoms. The largest absolute Gasteiger partial charge is 0.756 e. The summed E-state index contributed by atoms with van der Waals surface area (Å²) in [7, 11) is 1.35. The Kier molecular flexibility index (Phi) is 27.3. The molecule has 0 fully saturated rings. The average Bonchev–Trinajstić information content (AvgIpc) is 2.92. The van der Waals surface area contributed by atoms with Crippen molar-refractivity contribution >= 4 is 13.8 Å². The second kappa shape index (κ2) is 27.8. The molecule has 0 amide bonds. The molecular weight excluding hydrogens is 553 g/mol. The summed E-state index contributed by atoms with van der Waals surface area (Å²) in [5.41, 5.74) is 0. The van der Waals surface area contributed by atoms with Crippen molar-refractivity contribution in [3.8, 4) is 0 Å². The minimum Gasteiger partial charge on any atom is -0.756 e. The molecule has 0 spiro atoms. The number of allylic oxidation sites excluding steroid dienone is 2. The molecule has 0 aromatic rings. The number of esters is 1. The number of unbranched alkanes of at least 4 members (excludes halogenated alkanes) is 15. The third-order valence-corrected chi connectivity index (χ3v) is 8.01. The third-order valence-electron chi connectivity index (χ3n) is 7.05. The Balaban J connectivity index is 4.36. The Morgan fingerprint density at radius 1 is 0.714 bits per heavy atom. The van der Waals surface area contributed by atoms with Gasteiger partial charge in [0.15, 0.2) is 0 Å². The summed E-state index contributed by atoms with van der Waals surface area (Å²) in [4.78, 5) is 24.7. The maximum atomic E-state index is 12.5. The lowest BCUT2D eigenvalue weighted by atomic mass is 10.1. The van der Waals surface area contributed by atoms with E-state index in [1.54, 1.807) is 0 Å². The Morgan fingerprint density at radius 3 is 1.90 bits per heavy atom. The van der Waals surface area contributed by atoms with Crippen molar-refractivity contribution in [2.75, 3.05) is 54.1 Å². The van der Waals surface area contributed by atoms with Gasteiger partial charge in [-0.2, -0.15) is 0 Å². The SMILES string of the molecule is CCC/C=C\CCCCCCCCOCC(COP(=O)([O-])OCC[N+](C)(C)C)OC(=O)CCCCCCCCCCC. The van der Waals surface area contributed by atoms with Crippen LogP contribution in [0.15, 0.2) is 12.2 Å². The molecule has 0 bridgehead atoms. The Bertz CT molecular complexity index is 696. The molecule has 0 heterocycles. The molecule has 0 radical (unpaired) electrons. The molecule has 0 saturated heterocycles. The van der Waals surface area contributed by atoms with Crippen LogP contribution in [-0.2, 0) is 27.9 Å². The van der Waals surface area contributed by atoms with Crippen molar-refractivity contribution in [1.29, 1.82) is 0 Å². The lowest BCUT2D eigenvalue weighted by Crippen LogP contribution is -2.37. The highest BCUT2D eigenvalue weighted by Gasteiger charge is 2.20. The van der Waals surface area contributed by atoms with Crippen LogP contribution in [0.4, 0.5) is 0 Å². The summed E-state index contributed by atoms with van der Waals surface area (Å²) in [5, 5.41) is 0. The van der Waals surface area contributed by atoms with E-state index in [1.807, 2.05) is 21.1 Å². The van der Waals surface area contributed by atoms with Crippen LogP contribution in [0.3, 0.4) is 0 Å². The Morgan fingerprint density at radius 2 is 1.29 bits per heavy atom. The predicted octanol–water partition coefficient (Wildman–Crippen LogP) is 8.13. The summed E-state index contributed by atoms with van der Waals surface area (Å²) >= 11 is 0. The number of carbonyl (C=O) groups is 1. The first-order valence-corrected chi connectivity index (χ1v) is 18.4. The van der Waals surface area contributed by atoms with Gasteiger partial charge in [-0.15, -0.1) is 0 Å². The minimum absolute atomic E-state index is 0.0272. The highest BCUT2D eigenvalue weighted by molar-refractivity contribution is 7.45. The quantitative estimate of drug-likeness (QED) is 0.0254. The van der Waals surface area contributed by atoms with Crippen molar-refractivity contribution in [3.05, 3.63) is 12.2 Å². The van der Waals surface area contributed by atoms with Gasteiger partial charge in [0.05, 0.1) is 34.4 Å². The number of nitrogens with zero attached hydrogens (tertiary/aromatic N) is 1. The van der Waals surface area contributed by atoms with Gasteiger partial charge in [-0.3, -0.25) is 9.36 Å². The van der Waals surface area contributed by atoms with E-state index in [-0.39, 0.29) is 25.8 Å². The van der Waals surface area contributed by atoms with Crippen LogP contribution in [0.1, 0.15) is 136 Å². The molecule has 8 nitrogen and oxygen atoms in total. The van der Waals surface area contributed by atoms with Gasteiger partial charge in [-0.25, -0.2) is 0 Å². The molecule has 250 valence electrons. The van der Waals surface area contributed by atoms with Crippen LogP contribution in [0.25, 0.3) is 0 Å². The molecule has 0 aliphatic rings. The van der Waals surface area contributed by atoms with Crippen molar-refractivity contribution in [1.82, 2.24) is 0 Å².